The molecule has 0 aliphatic heterocycles. The molecule has 0 aliphatic carbocycles. The Hall–Kier alpha value is -4.59. The quantitative estimate of drug-likeness (QED) is 0.380. The van der Waals surface area contributed by atoms with E-state index in [2.05, 4.69) is 56.7 Å². The molecule has 0 fully saturated rings. The zero-order valence-electron chi connectivity index (χ0n) is 17.6. The second-order valence-corrected chi connectivity index (χ2v) is 7.76. The maximum atomic E-state index is 4.90. The lowest BCUT2D eigenvalue weighted by molar-refractivity contribution is 0.307. The molecule has 8 nitrogen and oxygen atoms in total. The highest BCUT2D eigenvalue weighted by atomic mass is 16.6. The highest BCUT2D eigenvalue weighted by Crippen LogP contribution is 2.25. The largest absolute Gasteiger partial charge is 0.301 e. The molecule has 0 bridgehead atoms. The smallest absolute Gasteiger partial charge is 0.199 e. The molecule has 0 saturated heterocycles. The number of aromatic nitrogens is 6. The Kier molecular flexibility index (Phi) is 4.73. The van der Waals surface area contributed by atoms with Crippen LogP contribution in [0.3, 0.4) is 0 Å². The van der Waals surface area contributed by atoms with Crippen LogP contribution in [0.15, 0.2) is 96.0 Å². The molecular weight excluding hydrogens is 414 g/mol. The zero-order valence-corrected chi connectivity index (χ0v) is 17.6. The fourth-order valence-electron chi connectivity index (χ4n) is 3.93. The molecule has 33 heavy (non-hydrogen) atoms. The van der Waals surface area contributed by atoms with E-state index < -0.39 is 0 Å². The zero-order chi connectivity index (χ0) is 22.0. The van der Waals surface area contributed by atoms with Crippen LogP contribution < -0.4 is 4.90 Å². The van der Waals surface area contributed by atoms with E-state index in [0.29, 0.717) is 18.8 Å². The number of hydrogen-bond acceptors (Lipinski definition) is 7. The highest BCUT2D eigenvalue weighted by Gasteiger charge is 2.17. The lowest BCUT2D eigenvalue weighted by atomic mass is 10.1. The van der Waals surface area contributed by atoms with Crippen molar-refractivity contribution in [1.82, 2.24) is 29.9 Å². The fraction of sp³-hybridized carbons (Fsp3) is 0.0800. The van der Waals surface area contributed by atoms with Gasteiger partial charge in [-0.1, -0.05) is 53.7 Å². The van der Waals surface area contributed by atoms with Gasteiger partial charge in [-0.25, -0.2) is 14.1 Å². The van der Waals surface area contributed by atoms with Crippen LogP contribution >= 0.6 is 0 Å². The summed E-state index contributed by atoms with van der Waals surface area (Å²) >= 11 is 0. The summed E-state index contributed by atoms with van der Waals surface area (Å²) < 4.78 is 6.75. The normalized spacial score (nSPS) is 11.3. The van der Waals surface area contributed by atoms with E-state index in [0.717, 1.165) is 39.2 Å². The molecular formula is C25H19N7O. The third-order valence-corrected chi connectivity index (χ3v) is 5.56. The van der Waals surface area contributed by atoms with Gasteiger partial charge in [0.15, 0.2) is 17.3 Å². The van der Waals surface area contributed by atoms with Gasteiger partial charge in [0.25, 0.3) is 0 Å². The van der Waals surface area contributed by atoms with Crippen LogP contribution in [-0.4, -0.2) is 29.9 Å². The molecule has 0 amide bonds. The summed E-state index contributed by atoms with van der Waals surface area (Å²) in [6, 6.07) is 24.4. The first kappa shape index (κ1) is 19.1. The predicted octanol–water partition coefficient (Wildman–Crippen LogP) is 4.59. The molecule has 0 radical (unpaired) electrons. The second-order valence-electron chi connectivity index (χ2n) is 7.76. The van der Waals surface area contributed by atoms with Crippen LogP contribution in [0, 0.1) is 0 Å². The Morgan fingerprint density at radius 2 is 1.76 bits per heavy atom. The minimum absolute atomic E-state index is 0.577. The molecule has 0 N–H and O–H groups in total. The predicted molar refractivity (Wildman–Crippen MR) is 124 cm³/mol. The molecule has 0 saturated carbocycles. The van der Waals surface area contributed by atoms with Crippen LogP contribution in [0.2, 0.25) is 0 Å². The van der Waals surface area contributed by atoms with Gasteiger partial charge in [-0.15, -0.1) is 5.10 Å². The summed E-state index contributed by atoms with van der Waals surface area (Å²) in [6.45, 7) is 0.577. The van der Waals surface area contributed by atoms with Gasteiger partial charge in [0.2, 0.25) is 0 Å². The van der Waals surface area contributed by atoms with Gasteiger partial charge in [-0.05, 0) is 40.5 Å². The van der Waals surface area contributed by atoms with E-state index in [1.807, 2.05) is 58.2 Å². The van der Waals surface area contributed by atoms with Crippen molar-refractivity contribution in [2.45, 2.75) is 13.0 Å². The lowest BCUT2D eigenvalue weighted by Crippen LogP contribution is -2.19. The molecule has 4 aromatic heterocycles. The lowest BCUT2D eigenvalue weighted by Gasteiger charge is -2.20. The number of hydrogen-bond donors (Lipinski definition) is 0. The highest BCUT2D eigenvalue weighted by molar-refractivity contribution is 5.78. The van der Waals surface area contributed by atoms with E-state index >= 15 is 0 Å². The Bertz CT molecular complexity index is 1530. The number of pyridine rings is 1. The van der Waals surface area contributed by atoms with Crippen LogP contribution in [0.4, 0.5) is 11.6 Å². The monoisotopic (exact) mass is 433 g/mol. The Balaban J connectivity index is 1.37. The number of fused-ring (bicyclic) bond motifs is 2. The SMILES string of the molecule is c1ccc(CN(c2cnon2)c2ccc3ncc(Cc4ccc5cccnc5c4)n3n2)cc1. The Morgan fingerprint density at radius 3 is 2.64 bits per heavy atom. The Labute approximate surface area is 189 Å². The molecule has 2 aromatic carbocycles. The molecule has 0 atom stereocenters. The average molecular weight is 433 g/mol. The molecule has 4 heterocycles. The van der Waals surface area contributed by atoms with E-state index in [4.69, 9.17) is 9.73 Å². The number of nitrogens with zero attached hydrogens (tertiary/aromatic N) is 7. The minimum Gasteiger partial charge on any atom is -0.301 e. The summed E-state index contributed by atoms with van der Waals surface area (Å²) in [5.41, 5.74) is 5.02. The first-order valence-corrected chi connectivity index (χ1v) is 10.6. The van der Waals surface area contributed by atoms with Gasteiger partial charge in [-0.2, -0.15) is 0 Å². The first-order valence-electron chi connectivity index (χ1n) is 10.6. The summed E-state index contributed by atoms with van der Waals surface area (Å²) in [5.74, 6) is 1.31. The maximum absolute atomic E-state index is 4.90. The molecule has 8 heteroatoms. The second kappa shape index (κ2) is 8.16. The van der Waals surface area contributed by atoms with Crippen molar-refractivity contribution in [2.24, 2.45) is 0 Å². The van der Waals surface area contributed by atoms with Crippen LogP contribution in [0.25, 0.3) is 16.6 Å². The van der Waals surface area contributed by atoms with Gasteiger partial charge in [0.1, 0.15) is 6.20 Å². The van der Waals surface area contributed by atoms with Gasteiger partial charge in [0.05, 0.1) is 24.0 Å². The molecule has 6 aromatic rings. The van der Waals surface area contributed by atoms with E-state index in [9.17, 15) is 0 Å². The number of imidazole rings is 1. The fourth-order valence-corrected chi connectivity index (χ4v) is 3.93. The minimum atomic E-state index is 0.577. The van der Waals surface area contributed by atoms with Crippen molar-refractivity contribution >= 4 is 28.2 Å². The van der Waals surface area contributed by atoms with Crippen molar-refractivity contribution in [2.75, 3.05) is 4.90 Å². The van der Waals surface area contributed by atoms with Crippen molar-refractivity contribution in [3.63, 3.8) is 0 Å². The standard InChI is InChI=1S/C25H19N7O/c1-2-5-18(6-3-1)17-31(25-16-28-33-30-25)24-11-10-23-27-15-21(32(23)29-24)13-19-8-9-20-7-4-12-26-22(20)14-19/h1-12,14-16H,13,17H2. The average Bonchev–Trinajstić information content (AvgIpc) is 3.54. The van der Waals surface area contributed by atoms with Gasteiger partial charge < -0.3 is 4.90 Å². The van der Waals surface area contributed by atoms with Gasteiger partial charge in [0, 0.05) is 18.0 Å². The van der Waals surface area contributed by atoms with Crippen molar-refractivity contribution in [3.8, 4) is 0 Å². The third kappa shape index (κ3) is 3.78. The van der Waals surface area contributed by atoms with Crippen molar-refractivity contribution in [3.05, 3.63) is 108 Å². The van der Waals surface area contributed by atoms with Crippen LogP contribution in [0.5, 0.6) is 0 Å². The molecule has 0 spiro atoms. The van der Waals surface area contributed by atoms with Gasteiger partial charge >= 0.3 is 0 Å². The number of rotatable bonds is 6. The van der Waals surface area contributed by atoms with Crippen LogP contribution in [-0.2, 0) is 13.0 Å². The summed E-state index contributed by atoms with van der Waals surface area (Å²) in [7, 11) is 0. The van der Waals surface area contributed by atoms with Gasteiger partial charge in [-0.3, -0.25) is 4.98 Å². The first-order chi connectivity index (χ1) is 16.3. The van der Waals surface area contributed by atoms with E-state index in [1.165, 1.54) is 0 Å². The Morgan fingerprint density at radius 1 is 0.818 bits per heavy atom. The molecule has 0 unspecified atom stereocenters. The molecule has 0 aliphatic rings. The molecule has 160 valence electrons. The number of benzene rings is 2. The summed E-state index contributed by atoms with van der Waals surface area (Å²) in [5, 5.41) is 13.8. The van der Waals surface area contributed by atoms with E-state index in [1.54, 1.807) is 6.20 Å². The van der Waals surface area contributed by atoms with Crippen molar-refractivity contribution < 1.29 is 4.63 Å². The summed E-state index contributed by atoms with van der Waals surface area (Å²) in [6.07, 6.45) is 5.96. The summed E-state index contributed by atoms with van der Waals surface area (Å²) in [4.78, 5) is 11.0. The molecule has 6 rings (SSSR count). The van der Waals surface area contributed by atoms with E-state index in [-0.39, 0.29) is 0 Å². The topological polar surface area (TPSA) is 85.2 Å². The van der Waals surface area contributed by atoms with Crippen LogP contribution in [0.1, 0.15) is 16.8 Å². The van der Waals surface area contributed by atoms with Crippen molar-refractivity contribution in [1.29, 1.82) is 0 Å². The third-order valence-electron chi connectivity index (χ3n) is 5.56. The number of anilines is 2. The maximum Gasteiger partial charge on any atom is 0.199 e.